The summed E-state index contributed by atoms with van der Waals surface area (Å²) in [5, 5.41) is 12.8. The van der Waals surface area contributed by atoms with E-state index in [2.05, 4.69) is 26.1 Å². The first-order valence-electron chi connectivity index (χ1n) is 6.45. The maximum atomic E-state index is 9.54. The molecule has 0 aliphatic heterocycles. The molecular formula is C13H27NO2. The number of nitrogens with one attached hydrogen (secondary N) is 1. The van der Waals surface area contributed by atoms with E-state index in [-0.39, 0.29) is 18.2 Å². The Labute approximate surface area is 99.6 Å². The maximum absolute atomic E-state index is 9.54. The fraction of sp³-hybridized carbons (Fsp3) is 1.00. The van der Waals surface area contributed by atoms with Crippen molar-refractivity contribution in [3.63, 3.8) is 0 Å². The van der Waals surface area contributed by atoms with Crippen molar-refractivity contribution in [1.29, 1.82) is 0 Å². The molecule has 0 aromatic heterocycles. The maximum Gasteiger partial charge on any atom is 0.0677 e. The third-order valence-electron chi connectivity index (χ3n) is 3.57. The van der Waals surface area contributed by atoms with Crippen LogP contribution in [-0.2, 0) is 4.74 Å². The molecule has 0 saturated heterocycles. The van der Waals surface area contributed by atoms with E-state index in [1.54, 1.807) is 0 Å². The second-order valence-electron chi connectivity index (χ2n) is 5.59. The van der Waals surface area contributed by atoms with Crippen molar-refractivity contribution in [2.45, 2.75) is 51.7 Å². The van der Waals surface area contributed by atoms with Gasteiger partial charge in [-0.25, -0.2) is 0 Å². The van der Waals surface area contributed by atoms with Crippen LogP contribution in [0.15, 0.2) is 0 Å². The van der Waals surface area contributed by atoms with Gasteiger partial charge < -0.3 is 15.2 Å². The van der Waals surface area contributed by atoms with Gasteiger partial charge in [-0.3, -0.25) is 0 Å². The van der Waals surface area contributed by atoms with E-state index in [0.29, 0.717) is 18.4 Å². The standard InChI is InChI=1S/C13H27NO2/c1-10(2)7-11(3)16-9-13(8-15,14-4)12-5-6-12/h10-12,14-15H,5-9H2,1-4H3. The summed E-state index contributed by atoms with van der Waals surface area (Å²) in [5.74, 6) is 1.25. The van der Waals surface area contributed by atoms with Gasteiger partial charge in [0.25, 0.3) is 0 Å². The predicted octanol–water partition coefficient (Wildman–Crippen LogP) is 1.80. The largest absolute Gasteiger partial charge is 0.394 e. The summed E-state index contributed by atoms with van der Waals surface area (Å²) in [6.45, 7) is 7.32. The topological polar surface area (TPSA) is 41.5 Å². The third-order valence-corrected chi connectivity index (χ3v) is 3.57. The lowest BCUT2D eigenvalue weighted by Gasteiger charge is -2.33. The van der Waals surface area contributed by atoms with E-state index in [4.69, 9.17) is 4.74 Å². The van der Waals surface area contributed by atoms with Crippen molar-refractivity contribution in [3.05, 3.63) is 0 Å². The van der Waals surface area contributed by atoms with Crippen molar-refractivity contribution in [1.82, 2.24) is 5.32 Å². The van der Waals surface area contributed by atoms with Gasteiger partial charge >= 0.3 is 0 Å². The highest BCUT2D eigenvalue weighted by Crippen LogP contribution is 2.39. The molecule has 1 saturated carbocycles. The highest BCUT2D eigenvalue weighted by atomic mass is 16.5. The van der Waals surface area contributed by atoms with Gasteiger partial charge in [0, 0.05) is 0 Å². The Morgan fingerprint density at radius 3 is 2.38 bits per heavy atom. The summed E-state index contributed by atoms with van der Waals surface area (Å²) in [4.78, 5) is 0. The van der Waals surface area contributed by atoms with Gasteiger partial charge in [-0.05, 0) is 45.1 Å². The molecule has 3 nitrogen and oxygen atoms in total. The highest BCUT2D eigenvalue weighted by molar-refractivity contribution is 5.00. The molecule has 0 aromatic carbocycles. The van der Waals surface area contributed by atoms with Gasteiger partial charge in [-0.1, -0.05) is 13.8 Å². The first-order chi connectivity index (χ1) is 7.54. The molecule has 0 amide bonds. The van der Waals surface area contributed by atoms with Crippen LogP contribution in [0.2, 0.25) is 0 Å². The summed E-state index contributed by atoms with van der Waals surface area (Å²) < 4.78 is 5.88. The van der Waals surface area contributed by atoms with E-state index in [1.165, 1.54) is 12.8 Å². The van der Waals surface area contributed by atoms with E-state index in [0.717, 1.165) is 6.42 Å². The molecule has 1 aliphatic carbocycles. The van der Waals surface area contributed by atoms with Gasteiger partial charge in [0.05, 0.1) is 24.9 Å². The lowest BCUT2D eigenvalue weighted by atomic mass is 9.95. The van der Waals surface area contributed by atoms with Crippen molar-refractivity contribution in [2.24, 2.45) is 11.8 Å². The second kappa shape index (κ2) is 5.99. The van der Waals surface area contributed by atoms with Crippen LogP contribution < -0.4 is 5.32 Å². The van der Waals surface area contributed by atoms with Crippen molar-refractivity contribution in [2.75, 3.05) is 20.3 Å². The fourth-order valence-corrected chi connectivity index (χ4v) is 2.31. The van der Waals surface area contributed by atoms with Gasteiger partial charge in [-0.2, -0.15) is 0 Å². The first-order valence-corrected chi connectivity index (χ1v) is 6.45. The molecule has 0 aromatic rings. The molecule has 1 fully saturated rings. The molecule has 2 N–H and O–H groups in total. The molecule has 3 heteroatoms. The van der Waals surface area contributed by atoms with Crippen LogP contribution in [0.5, 0.6) is 0 Å². The van der Waals surface area contributed by atoms with E-state index < -0.39 is 0 Å². The van der Waals surface area contributed by atoms with Crippen LogP contribution in [0, 0.1) is 11.8 Å². The minimum atomic E-state index is -0.203. The van der Waals surface area contributed by atoms with Crippen LogP contribution in [0.4, 0.5) is 0 Å². The normalized spacial score (nSPS) is 22.1. The average molecular weight is 229 g/mol. The Morgan fingerprint density at radius 2 is 2.00 bits per heavy atom. The van der Waals surface area contributed by atoms with Crippen molar-refractivity contribution < 1.29 is 9.84 Å². The van der Waals surface area contributed by atoms with Gasteiger partial charge in [0.2, 0.25) is 0 Å². The summed E-state index contributed by atoms with van der Waals surface area (Å²) in [6.07, 6.45) is 3.78. The van der Waals surface area contributed by atoms with Crippen molar-refractivity contribution in [3.8, 4) is 0 Å². The smallest absolute Gasteiger partial charge is 0.0677 e. The monoisotopic (exact) mass is 229 g/mol. The molecule has 0 spiro atoms. The molecule has 0 bridgehead atoms. The predicted molar refractivity (Wildman–Crippen MR) is 66.5 cm³/mol. The second-order valence-corrected chi connectivity index (χ2v) is 5.59. The Morgan fingerprint density at radius 1 is 1.38 bits per heavy atom. The number of hydrogen-bond donors (Lipinski definition) is 2. The zero-order chi connectivity index (χ0) is 12.2. The summed E-state index contributed by atoms with van der Waals surface area (Å²) in [7, 11) is 1.92. The number of ether oxygens (including phenoxy) is 1. The Hall–Kier alpha value is -0.120. The quantitative estimate of drug-likeness (QED) is 0.667. The van der Waals surface area contributed by atoms with E-state index in [1.807, 2.05) is 7.05 Å². The molecule has 2 unspecified atom stereocenters. The molecule has 1 aliphatic rings. The third kappa shape index (κ3) is 3.72. The number of aliphatic hydroxyl groups is 1. The first kappa shape index (κ1) is 13.9. The van der Waals surface area contributed by atoms with Crippen LogP contribution in [0.25, 0.3) is 0 Å². The highest BCUT2D eigenvalue weighted by Gasteiger charge is 2.44. The Bertz CT molecular complexity index is 198. The zero-order valence-corrected chi connectivity index (χ0v) is 11.1. The van der Waals surface area contributed by atoms with Crippen LogP contribution in [-0.4, -0.2) is 37.0 Å². The molecule has 1 rings (SSSR count). The van der Waals surface area contributed by atoms with Crippen LogP contribution in [0.3, 0.4) is 0 Å². The fourth-order valence-electron chi connectivity index (χ4n) is 2.31. The molecule has 0 heterocycles. The molecule has 96 valence electrons. The molecule has 16 heavy (non-hydrogen) atoms. The lowest BCUT2D eigenvalue weighted by Crippen LogP contribution is -2.53. The zero-order valence-electron chi connectivity index (χ0n) is 11.1. The van der Waals surface area contributed by atoms with Gasteiger partial charge in [0.15, 0.2) is 0 Å². The number of hydrogen-bond acceptors (Lipinski definition) is 3. The minimum Gasteiger partial charge on any atom is -0.394 e. The number of rotatable bonds is 8. The molecule has 2 atom stereocenters. The molecule has 0 radical (unpaired) electrons. The average Bonchev–Trinajstić information content (AvgIpc) is 3.03. The van der Waals surface area contributed by atoms with Gasteiger partial charge in [-0.15, -0.1) is 0 Å². The summed E-state index contributed by atoms with van der Waals surface area (Å²) in [6, 6.07) is 0. The SMILES string of the molecule is CNC(CO)(COC(C)CC(C)C)C1CC1. The minimum absolute atomic E-state index is 0.169. The van der Waals surface area contributed by atoms with Crippen LogP contribution >= 0.6 is 0 Å². The Balaban J connectivity index is 2.37. The summed E-state index contributed by atoms with van der Waals surface area (Å²) >= 11 is 0. The van der Waals surface area contributed by atoms with Gasteiger partial charge in [0.1, 0.15) is 0 Å². The number of aliphatic hydroxyl groups excluding tert-OH is 1. The molecular weight excluding hydrogens is 202 g/mol. The number of likely N-dealkylation sites (N-methyl/N-ethyl adjacent to an activating group) is 1. The van der Waals surface area contributed by atoms with E-state index in [9.17, 15) is 5.11 Å². The summed E-state index contributed by atoms with van der Waals surface area (Å²) in [5.41, 5.74) is -0.203. The van der Waals surface area contributed by atoms with Crippen molar-refractivity contribution >= 4 is 0 Å². The van der Waals surface area contributed by atoms with Crippen LogP contribution in [0.1, 0.15) is 40.0 Å². The lowest BCUT2D eigenvalue weighted by molar-refractivity contribution is -0.0153. The Kier molecular flexibility index (Phi) is 5.22. The van der Waals surface area contributed by atoms with E-state index >= 15 is 0 Å².